The van der Waals surface area contributed by atoms with E-state index in [1.165, 1.54) is 0 Å². The number of fused-ring (bicyclic) bond motifs is 1. The maximum absolute atomic E-state index is 10.4. The van der Waals surface area contributed by atoms with Gasteiger partial charge >= 0.3 is 0 Å². The van der Waals surface area contributed by atoms with Crippen LogP contribution in [-0.2, 0) is 30.3 Å². The Morgan fingerprint density at radius 1 is 0.966 bits per heavy atom. The van der Waals surface area contributed by atoms with Crippen molar-refractivity contribution in [2.24, 2.45) is 0 Å². The van der Waals surface area contributed by atoms with Crippen molar-refractivity contribution >= 4 is 0 Å². The molecule has 2 aliphatic rings. The van der Waals surface area contributed by atoms with Crippen LogP contribution in [0.2, 0.25) is 0 Å². The van der Waals surface area contributed by atoms with Gasteiger partial charge in [-0.1, -0.05) is 60.7 Å². The average Bonchev–Trinajstić information content (AvgIpc) is 2.97. The third-order valence-corrected chi connectivity index (χ3v) is 5.17. The van der Waals surface area contributed by atoms with Gasteiger partial charge in [0.05, 0.1) is 19.8 Å². The average molecular weight is 402 g/mol. The molecule has 0 radical (unpaired) electrons. The normalized spacial score (nSPS) is 30.9. The molecule has 156 valence electrons. The topological polar surface area (TPSA) is 86.6 Å². The van der Waals surface area contributed by atoms with E-state index in [4.69, 9.17) is 23.7 Å². The second kappa shape index (κ2) is 9.77. The van der Waals surface area contributed by atoms with E-state index in [0.717, 1.165) is 11.1 Å². The summed E-state index contributed by atoms with van der Waals surface area (Å²) in [5.41, 5.74) is 1.87. The summed E-state index contributed by atoms with van der Waals surface area (Å²) in [6, 6.07) is 19.4. The molecule has 7 nitrogen and oxygen atoms in total. The lowest BCUT2D eigenvalue weighted by Crippen LogP contribution is -2.54. The van der Waals surface area contributed by atoms with Crippen molar-refractivity contribution in [3.05, 3.63) is 71.8 Å². The molecular formula is C22H26O7. The minimum Gasteiger partial charge on any atom is -0.394 e. The predicted octanol–water partition coefficient (Wildman–Crippen LogP) is 1.78. The Labute approximate surface area is 169 Å². The molecular weight excluding hydrogens is 376 g/mol. The SMILES string of the molecule is OC[C@H](O)[C@H]1OCO[C@@H]2COC(c3ccccc3)O[C@H]2[C@@H]1OCc1ccccc1. The molecule has 2 saturated heterocycles. The van der Waals surface area contributed by atoms with Crippen molar-refractivity contribution < 1.29 is 33.9 Å². The summed E-state index contributed by atoms with van der Waals surface area (Å²) in [6.07, 6.45) is -4.10. The number of rotatable bonds is 6. The molecule has 0 aromatic heterocycles. The number of aliphatic hydroxyl groups is 2. The van der Waals surface area contributed by atoms with Gasteiger partial charge in [0.2, 0.25) is 0 Å². The molecule has 6 atom stereocenters. The summed E-state index contributed by atoms with van der Waals surface area (Å²) in [6.45, 7) is 0.121. The molecule has 0 spiro atoms. The van der Waals surface area contributed by atoms with Gasteiger partial charge in [0.1, 0.15) is 37.3 Å². The van der Waals surface area contributed by atoms with E-state index >= 15 is 0 Å². The maximum Gasteiger partial charge on any atom is 0.184 e. The van der Waals surface area contributed by atoms with E-state index in [1.54, 1.807) is 0 Å². The second-order valence-electron chi connectivity index (χ2n) is 7.14. The number of hydrogen-bond donors (Lipinski definition) is 2. The lowest BCUT2D eigenvalue weighted by atomic mass is 9.98. The van der Waals surface area contributed by atoms with Crippen LogP contribution in [0.1, 0.15) is 17.4 Å². The highest BCUT2D eigenvalue weighted by molar-refractivity contribution is 5.17. The van der Waals surface area contributed by atoms with Crippen LogP contribution in [0.25, 0.3) is 0 Å². The molecule has 0 bridgehead atoms. The Bertz CT molecular complexity index is 741. The smallest absolute Gasteiger partial charge is 0.184 e. The van der Waals surface area contributed by atoms with Crippen LogP contribution in [-0.4, -0.2) is 60.7 Å². The summed E-state index contributed by atoms with van der Waals surface area (Å²) in [7, 11) is 0. The fourth-order valence-electron chi connectivity index (χ4n) is 3.64. The zero-order valence-corrected chi connectivity index (χ0v) is 16.0. The van der Waals surface area contributed by atoms with Gasteiger partial charge in [-0.05, 0) is 5.56 Å². The highest BCUT2D eigenvalue weighted by Crippen LogP contribution is 2.34. The number of hydrogen-bond acceptors (Lipinski definition) is 7. The third-order valence-electron chi connectivity index (χ3n) is 5.17. The number of ether oxygens (including phenoxy) is 5. The summed E-state index contributed by atoms with van der Waals surface area (Å²) >= 11 is 0. The van der Waals surface area contributed by atoms with E-state index in [-0.39, 0.29) is 6.79 Å². The van der Waals surface area contributed by atoms with Crippen molar-refractivity contribution in [3.63, 3.8) is 0 Å². The van der Waals surface area contributed by atoms with Crippen molar-refractivity contribution in [1.82, 2.24) is 0 Å². The molecule has 2 fully saturated rings. The predicted molar refractivity (Wildman–Crippen MR) is 103 cm³/mol. The van der Waals surface area contributed by atoms with E-state index < -0.39 is 43.4 Å². The largest absolute Gasteiger partial charge is 0.394 e. The number of aliphatic hydroxyl groups excluding tert-OH is 2. The van der Waals surface area contributed by atoms with Gasteiger partial charge in [-0.3, -0.25) is 0 Å². The van der Waals surface area contributed by atoms with Crippen LogP contribution >= 0.6 is 0 Å². The Morgan fingerprint density at radius 2 is 1.69 bits per heavy atom. The molecule has 0 saturated carbocycles. The minimum atomic E-state index is -1.13. The summed E-state index contributed by atoms with van der Waals surface area (Å²) < 4.78 is 29.7. The van der Waals surface area contributed by atoms with Crippen molar-refractivity contribution in [2.75, 3.05) is 20.0 Å². The van der Waals surface area contributed by atoms with Crippen molar-refractivity contribution in [3.8, 4) is 0 Å². The molecule has 7 heteroatoms. The fraction of sp³-hybridized carbons (Fsp3) is 0.455. The Kier molecular flexibility index (Phi) is 6.89. The molecule has 2 aromatic carbocycles. The molecule has 29 heavy (non-hydrogen) atoms. The Hall–Kier alpha value is -1.84. The zero-order chi connectivity index (χ0) is 20.1. The van der Waals surface area contributed by atoms with Gasteiger partial charge in [0, 0.05) is 5.56 Å². The molecule has 2 N–H and O–H groups in total. The van der Waals surface area contributed by atoms with Crippen LogP contribution in [0.15, 0.2) is 60.7 Å². The first-order valence-corrected chi connectivity index (χ1v) is 9.76. The highest BCUT2D eigenvalue weighted by Gasteiger charge is 2.47. The van der Waals surface area contributed by atoms with Crippen molar-refractivity contribution in [2.45, 2.75) is 43.4 Å². The second-order valence-corrected chi connectivity index (χ2v) is 7.14. The molecule has 0 aliphatic carbocycles. The van der Waals surface area contributed by atoms with Gasteiger partial charge in [-0.2, -0.15) is 0 Å². The Morgan fingerprint density at radius 3 is 2.41 bits per heavy atom. The van der Waals surface area contributed by atoms with Crippen LogP contribution in [0.4, 0.5) is 0 Å². The Balaban J connectivity index is 1.57. The molecule has 4 rings (SSSR count). The number of benzene rings is 2. The van der Waals surface area contributed by atoms with Gasteiger partial charge in [0.15, 0.2) is 6.29 Å². The standard InChI is InChI=1S/C22H26O7/c23-11-17(24)19-21(25-12-15-7-3-1-4-8-15)20-18(27-14-28-19)13-26-22(29-20)16-9-5-2-6-10-16/h1-10,17-24H,11-14H2/t17-,18+,19+,20+,21+,22?/m0/s1. The van der Waals surface area contributed by atoms with Crippen LogP contribution in [0, 0.1) is 0 Å². The fourth-order valence-corrected chi connectivity index (χ4v) is 3.64. The summed E-state index contributed by atoms with van der Waals surface area (Å²) in [4.78, 5) is 0. The van der Waals surface area contributed by atoms with Crippen molar-refractivity contribution in [1.29, 1.82) is 0 Å². The van der Waals surface area contributed by atoms with Gasteiger partial charge < -0.3 is 33.9 Å². The van der Waals surface area contributed by atoms with E-state index in [0.29, 0.717) is 13.2 Å². The molecule has 0 amide bonds. The zero-order valence-electron chi connectivity index (χ0n) is 16.0. The molecule has 2 aromatic rings. The van der Waals surface area contributed by atoms with Gasteiger partial charge in [0.25, 0.3) is 0 Å². The molecule has 2 heterocycles. The lowest BCUT2D eigenvalue weighted by Gasteiger charge is -2.40. The lowest BCUT2D eigenvalue weighted by molar-refractivity contribution is -0.285. The maximum atomic E-state index is 10.4. The molecule has 2 aliphatic heterocycles. The minimum absolute atomic E-state index is 0.0448. The third kappa shape index (κ3) is 4.84. The van der Waals surface area contributed by atoms with Gasteiger partial charge in [-0.25, -0.2) is 0 Å². The summed E-state index contributed by atoms with van der Waals surface area (Å²) in [5.74, 6) is 0. The summed E-state index contributed by atoms with van der Waals surface area (Å²) in [5, 5.41) is 19.9. The van der Waals surface area contributed by atoms with E-state index in [1.807, 2.05) is 60.7 Å². The first kappa shape index (κ1) is 20.4. The van der Waals surface area contributed by atoms with Crippen LogP contribution in [0.5, 0.6) is 0 Å². The first-order valence-electron chi connectivity index (χ1n) is 9.76. The highest BCUT2D eigenvalue weighted by atomic mass is 16.8. The van der Waals surface area contributed by atoms with Gasteiger partial charge in [-0.15, -0.1) is 0 Å². The van der Waals surface area contributed by atoms with Crippen LogP contribution in [0.3, 0.4) is 0 Å². The first-order chi connectivity index (χ1) is 14.3. The quantitative estimate of drug-likeness (QED) is 0.762. The van der Waals surface area contributed by atoms with Crippen LogP contribution < -0.4 is 0 Å². The van der Waals surface area contributed by atoms with E-state index in [9.17, 15) is 10.2 Å². The molecule has 1 unspecified atom stereocenters. The monoisotopic (exact) mass is 402 g/mol. The van der Waals surface area contributed by atoms with E-state index in [2.05, 4.69) is 0 Å².